The largest absolute Gasteiger partial charge is 0.370 e. The van der Waals surface area contributed by atoms with Gasteiger partial charge in [-0.15, -0.1) is 0 Å². The highest BCUT2D eigenvalue weighted by atomic mass is 15.1. The summed E-state index contributed by atoms with van der Waals surface area (Å²) in [6.07, 6.45) is 2.38. The minimum atomic E-state index is 0.566. The lowest BCUT2D eigenvalue weighted by Gasteiger charge is -2.34. The number of hydrogen-bond acceptors (Lipinski definition) is 3. The van der Waals surface area contributed by atoms with Gasteiger partial charge in [-0.25, -0.2) is 0 Å². The summed E-state index contributed by atoms with van der Waals surface area (Å²) in [7, 11) is 0. The van der Waals surface area contributed by atoms with E-state index >= 15 is 0 Å². The SMILES string of the molecule is Cc1ccc(C#N)c(N2CCCC(CN)C2)c1. The second kappa shape index (κ2) is 5.20. The summed E-state index contributed by atoms with van der Waals surface area (Å²) in [6.45, 7) is 4.82. The van der Waals surface area contributed by atoms with Crippen molar-refractivity contribution in [2.75, 3.05) is 24.5 Å². The second-order valence-corrected chi connectivity index (χ2v) is 4.82. The Morgan fingerprint density at radius 3 is 3.06 bits per heavy atom. The smallest absolute Gasteiger partial charge is 0.101 e. The first-order chi connectivity index (χ1) is 8.24. The maximum Gasteiger partial charge on any atom is 0.101 e. The van der Waals surface area contributed by atoms with Crippen LogP contribution >= 0.6 is 0 Å². The van der Waals surface area contributed by atoms with Crippen molar-refractivity contribution in [1.82, 2.24) is 0 Å². The van der Waals surface area contributed by atoms with Gasteiger partial charge in [-0.1, -0.05) is 6.07 Å². The van der Waals surface area contributed by atoms with Crippen molar-refractivity contribution >= 4 is 5.69 Å². The number of hydrogen-bond donors (Lipinski definition) is 1. The van der Waals surface area contributed by atoms with Gasteiger partial charge < -0.3 is 10.6 Å². The van der Waals surface area contributed by atoms with Gasteiger partial charge in [0.1, 0.15) is 6.07 Å². The van der Waals surface area contributed by atoms with E-state index in [-0.39, 0.29) is 0 Å². The van der Waals surface area contributed by atoms with Crippen molar-refractivity contribution in [1.29, 1.82) is 5.26 Å². The lowest BCUT2D eigenvalue weighted by atomic mass is 9.97. The molecule has 90 valence electrons. The van der Waals surface area contributed by atoms with Crippen molar-refractivity contribution in [2.45, 2.75) is 19.8 Å². The van der Waals surface area contributed by atoms with Gasteiger partial charge in [0.25, 0.3) is 0 Å². The van der Waals surface area contributed by atoms with E-state index < -0.39 is 0 Å². The Bertz CT molecular complexity index is 434. The number of nitrogens with two attached hydrogens (primary N) is 1. The van der Waals surface area contributed by atoms with Crippen LogP contribution in [0.4, 0.5) is 5.69 Å². The van der Waals surface area contributed by atoms with E-state index in [9.17, 15) is 0 Å². The van der Waals surface area contributed by atoms with Crippen molar-refractivity contribution in [3.63, 3.8) is 0 Å². The van der Waals surface area contributed by atoms with E-state index in [0.717, 1.165) is 30.9 Å². The molecule has 1 aromatic rings. The minimum absolute atomic E-state index is 0.566. The quantitative estimate of drug-likeness (QED) is 0.844. The van der Waals surface area contributed by atoms with Crippen molar-refractivity contribution in [3.05, 3.63) is 29.3 Å². The highest BCUT2D eigenvalue weighted by molar-refractivity contribution is 5.60. The third kappa shape index (κ3) is 2.59. The summed E-state index contributed by atoms with van der Waals surface area (Å²) >= 11 is 0. The van der Waals surface area contributed by atoms with Crippen LogP contribution in [0.15, 0.2) is 18.2 Å². The molecule has 1 aliphatic heterocycles. The molecule has 0 spiro atoms. The van der Waals surface area contributed by atoms with Crippen molar-refractivity contribution < 1.29 is 0 Å². The summed E-state index contributed by atoms with van der Waals surface area (Å²) < 4.78 is 0. The molecule has 2 rings (SSSR count). The molecule has 0 bridgehead atoms. The predicted octanol–water partition coefficient (Wildman–Crippen LogP) is 2.04. The van der Waals surface area contributed by atoms with E-state index in [1.54, 1.807) is 0 Å². The van der Waals surface area contributed by atoms with Crippen LogP contribution in [0.3, 0.4) is 0 Å². The Labute approximate surface area is 103 Å². The maximum absolute atomic E-state index is 9.16. The molecular formula is C14H19N3. The second-order valence-electron chi connectivity index (χ2n) is 4.82. The molecule has 3 nitrogen and oxygen atoms in total. The summed E-state index contributed by atoms with van der Waals surface area (Å²) in [5.74, 6) is 0.566. The molecule has 0 radical (unpaired) electrons. The van der Waals surface area contributed by atoms with Crippen LogP contribution in [0, 0.1) is 24.2 Å². The van der Waals surface area contributed by atoms with Crippen LogP contribution in [0.5, 0.6) is 0 Å². The number of piperidine rings is 1. The first-order valence-electron chi connectivity index (χ1n) is 6.20. The highest BCUT2D eigenvalue weighted by Crippen LogP contribution is 2.26. The summed E-state index contributed by atoms with van der Waals surface area (Å²) in [6, 6.07) is 8.29. The summed E-state index contributed by atoms with van der Waals surface area (Å²) in [5.41, 5.74) is 8.80. The van der Waals surface area contributed by atoms with Crippen LogP contribution in [0.2, 0.25) is 0 Å². The lowest BCUT2D eigenvalue weighted by Crippen LogP contribution is -2.38. The number of rotatable bonds is 2. The zero-order valence-corrected chi connectivity index (χ0v) is 10.3. The van der Waals surface area contributed by atoms with E-state index in [0.29, 0.717) is 5.92 Å². The average molecular weight is 229 g/mol. The Hall–Kier alpha value is -1.53. The summed E-state index contributed by atoms with van der Waals surface area (Å²) in [4.78, 5) is 2.31. The van der Waals surface area contributed by atoms with Crippen molar-refractivity contribution in [3.8, 4) is 6.07 Å². The van der Waals surface area contributed by atoms with Gasteiger partial charge in [-0.05, 0) is 49.9 Å². The average Bonchev–Trinajstić information content (AvgIpc) is 2.39. The van der Waals surface area contributed by atoms with Crippen LogP contribution < -0.4 is 10.6 Å². The lowest BCUT2D eigenvalue weighted by molar-refractivity contribution is 0.423. The first kappa shape index (κ1) is 11.9. The summed E-state index contributed by atoms with van der Waals surface area (Å²) in [5, 5.41) is 9.16. The number of benzene rings is 1. The van der Waals surface area contributed by atoms with Gasteiger partial charge in [0.15, 0.2) is 0 Å². The van der Waals surface area contributed by atoms with Crippen LogP contribution in [0.1, 0.15) is 24.0 Å². The topological polar surface area (TPSA) is 53.0 Å². The molecule has 1 aromatic carbocycles. The molecule has 1 heterocycles. The number of aryl methyl sites for hydroxylation is 1. The Morgan fingerprint density at radius 2 is 2.35 bits per heavy atom. The molecular weight excluding hydrogens is 210 g/mol. The van der Waals surface area contributed by atoms with Gasteiger partial charge in [0.05, 0.1) is 11.3 Å². The molecule has 0 saturated carbocycles. The Morgan fingerprint density at radius 1 is 1.53 bits per heavy atom. The van der Waals surface area contributed by atoms with Gasteiger partial charge >= 0.3 is 0 Å². The van der Waals surface area contributed by atoms with Crippen LogP contribution in [-0.2, 0) is 0 Å². The van der Waals surface area contributed by atoms with E-state index in [1.165, 1.54) is 18.4 Å². The molecule has 0 aromatic heterocycles. The number of nitriles is 1. The molecule has 17 heavy (non-hydrogen) atoms. The molecule has 1 atom stereocenters. The molecule has 1 saturated heterocycles. The number of nitrogens with zero attached hydrogens (tertiary/aromatic N) is 2. The zero-order valence-electron chi connectivity index (χ0n) is 10.3. The Balaban J connectivity index is 2.27. The van der Waals surface area contributed by atoms with Crippen LogP contribution in [-0.4, -0.2) is 19.6 Å². The predicted molar refractivity (Wildman–Crippen MR) is 69.9 cm³/mol. The molecule has 0 aliphatic carbocycles. The van der Waals surface area contributed by atoms with Crippen LogP contribution in [0.25, 0.3) is 0 Å². The number of anilines is 1. The fourth-order valence-electron chi connectivity index (χ4n) is 2.47. The van der Waals surface area contributed by atoms with Gasteiger partial charge in [0.2, 0.25) is 0 Å². The van der Waals surface area contributed by atoms with E-state index in [2.05, 4.69) is 24.0 Å². The highest BCUT2D eigenvalue weighted by Gasteiger charge is 2.20. The monoisotopic (exact) mass is 229 g/mol. The molecule has 0 amide bonds. The maximum atomic E-state index is 9.16. The normalized spacial score (nSPS) is 20.1. The third-order valence-electron chi connectivity index (χ3n) is 3.47. The molecule has 2 N–H and O–H groups in total. The molecule has 3 heteroatoms. The fourth-order valence-corrected chi connectivity index (χ4v) is 2.47. The third-order valence-corrected chi connectivity index (χ3v) is 3.47. The molecule has 1 fully saturated rings. The first-order valence-corrected chi connectivity index (χ1v) is 6.20. The molecule has 1 aliphatic rings. The Kier molecular flexibility index (Phi) is 3.65. The van der Waals surface area contributed by atoms with Gasteiger partial charge in [-0.3, -0.25) is 0 Å². The van der Waals surface area contributed by atoms with E-state index in [1.807, 2.05) is 12.1 Å². The minimum Gasteiger partial charge on any atom is -0.370 e. The van der Waals surface area contributed by atoms with Crippen molar-refractivity contribution in [2.24, 2.45) is 11.7 Å². The van der Waals surface area contributed by atoms with Gasteiger partial charge in [0, 0.05) is 13.1 Å². The van der Waals surface area contributed by atoms with Gasteiger partial charge in [-0.2, -0.15) is 5.26 Å². The standard InChI is InChI=1S/C14H19N3/c1-11-4-5-13(9-16)14(7-11)17-6-2-3-12(8-15)10-17/h4-5,7,12H,2-3,6,8,10,15H2,1H3. The zero-order chi connectivity index (χ0) is 12.3. The molecule has 1 unspecified atom stereocenters. The fraction of sp³-hybridized carbons (Fsp3) is 0.500. The van der Waals surface area contributed by atoms with E-state index in [4.69, 9.17) is 11.0 Å².